The summed E-state index contributed by atoms with van der Waals surface area (Å²) in [7, 11) is 0. The molecule has 0 bridgehead atoms. The lowest BCUT2D eigenvalue weighted by Crippen LogP contribution is -2.11. The summed E-state index contributed by atoms with van der Waals surface area (Å²) in [4.78, 5) is 22.5. The molecule has 0 saturated carbocycles. The van der Waals surface area contributed by atoms with Crippen molar-refractivity contribution in [2.24, 2.45) is 0 Å². The first-order chi connectivity index (χ1) is 8.99. The molecule has 0 aliphatic heterocycles. The minimum absolute atomic E-state index is 0.00939. The number of halogens is 2. The van der Waals surface area contributed by atoms with Crippen LogP contribution in [0.1, 0.15) is 19.3 Å². The number of carboxylic acids is 1. The van der Waals surface area contributed by atoms with Crippen LogP contribution in [-0.4, -0.2) is 17.0 Å². The van der Waals surface area contributed by atoms with E-state index in [1.165, 1.54) is 24.3 Å². The number of anilines is 1. The lowest BCUT2D eigenvalue weighted by Gasteiger charge is -2.04. The zero-order chi connectivity index (χ0) is 14.0. The van der Waals surface area contributed by atoms with Crippen molar-refractivity contribution in [1.29, 1.82) is 0 Å². The van der Waals surface area contributed by atoms with Crippen molar-refractivity contribution in [1.82, 2.24) is 0 Å². The summed E-state index contributed by atoms with van der Waals surface area (Å²) < 4.78 is 26.3. The Morgan fingerprint density at radius 1 is 1.11 bits per heavy atom. The highest BCUT2D eigenvalue weighted by molar-refractivity contribution is 7.15. The zero-order valence-electron chi connectivity index (χ0n) is 9.31. The highest BCUT2D eigenvalue weighted by Gasteiger charge is 2.15. The highest BCUT2D eigenvalue weighted by Crippen LogP contribution is 2.21. The Kier molecular flexibility index (Phi) is 3.57. The molecule has 7 heteroatoms. The third kappa shape index (κ3) is 2.76. The van der Waals surface area contributed by atoms with Gasteiger partial charge in [0.2, 0.25) is 0 Å². The predicted molar refractivity (Wildman–Crippen MR) is 65.6 cm³/mol. The van der Waals surface area contributed by atoms with Crippen LogP contribution >= 0.6 is 11.3 Å². The Morgan fingerprint density at radius 3 is 2.42 bits per heavy atom. The van der Waals surface area contributed by atoms with E-state index in [0.717, 1.165) is 17.4 Å². The molecule has 0 aliphatic rings. The van der Waals surface area contributed by atoms with Gasteiger partial charge in [0.1, 0.15) is 4.88 Å². The molecule has 19 heavy (non-hydrogen) atoms. The van der Waals surface area contributed by atoms with E-state index in [0.29, 0.717) is 0 Å². The summed E-state index contributed by atoms with van der Waals surface area (Å²) in [6, 6.07) is 5.97. The molecule has 1 amide bonds. The van der Waals surface area contributed by atoms with Crippen LogP contribution in [0.5, 0.6) is 0 Å². The number of rotatable bonds is 3. The highest BCUT2D eigenvalue weighted by atomic mass is 32.1. The van der Waals surface area contributed by atoms with Crippen molar-refractivity contribution in [3.8, 4) is 0 Å². The van der Waals surface area contributed by atoms with Gasteiger partial charge in [-0.1, -0.05) is 6.07 Å². The quantitative estimate of drug-likeness (QED) is 0.910. The maximum Gasteiger partial charge on any atom is 0.345 e. The van der Waals surface area contributed by atoms with Gasteiger partial charge >= 0.3 is 5.97 Å². The van der Waals surface area contributed by atoms with Crippen LogP contribution in [0.4, 0.5) is 14.5 Å². The van der Waals surface area contributed by atoms with Gasteiger partial charge in [-0.15, -0.1) is 11.3 Å². The molecule has 0 saturated heterocycles. The second kappa shape index (κ2) is 5.15. The first-order valence-corrected chi connectivity index (χ1v) is 5.89. The van der Waals surface area contributed by atoms with E-state index in [2.05, 4.69) is 5.32 Å². The predicted octanol–water partition coefficient (Wildman–Crippen LogP) is 2.98. The van der Waals surface area contributed by atoms with Crippen LogP contribution in [0.15, 0.2) is 30.3 Å². The Bertz CT molecular complexity index is 654. The number of carbonyl (C=O) groups is 2. The Balaban J connectivity index is 2.21. The molecular weight excluding hydrogens is 276 g/mol. The number of aromatic carboxylic acids is 1. The average molecular weight is 283 g/mol. The molecule has 2 rings (SSSR count). The SMILES string of the molecule is O=C(O)c1ccc(C(=O)Nc2cccc(F)c2F)s1. The van der Waals surface area contributed by atoms with E-state index >= 15 is 0 Å². The van der Waals surface area contributed by atoms with Gasteiger partial charge in [-0.2, -0.15) is 0 Å². The second-order valence-electron chi connectivity index (χ2n) is 3.52. The van der Waals surface area contributed by atoms with Gasteiger partial charge in [0.25, 0.3) is 5.91 Å². The summed E-state index contributed by atoms with van der Waals surface area (Å²) in [5.74, 6) is -4.08. The molecule has 4 nitrogen and oxygen atoms in total. The van der Waals surface area contributed by atoms with E-state index in [1.807, 2.05) is 0 Å². The van der Waals surface area contributed by atoms with Crippen LogP contribution in [0.2, 0.25) is 0 Å². The fourth-order valence-corrected chi connectivity index (χ4v) is 2.10. The first-order valence-electron chi connectivity index (χ1n) is 5.07. The van der Waals surface area contributed by atoms with E-state index in [1.54, 1.807) is 0 Å². The van der Waals surface area contributed by atoms with Gasteiger partial charge in [0.05, 0.1) is 10.6 Å². The van der Waals surface area contributed by atoms with Crippen molar-refractivity contribution >= 4 is 28.9 Å². The van der Waals surface area contributed by atoms with Crippen molar-refractivity contribution in [2.45, 2.75) is 0 Å². The van der Waals surface area contributed by atoms with E-state index in [9.17, 15) is 18.4 Å². The number of amides is 1. The molecule has 98 valence electrons. The topological polar surface area (TPSA) is 66.4 Å². The molecule has 2 aromatic rings. The Morgan fingerprint density at radius 2 is 1.79 bits per heavy atom. The van der Waals surface area contributed by atoms with Crippen LogP contribution in [0, 0.1) is 11.6 Å². The molecule has 0 aliphatic carbocycles. The van der Waals surface area contributed by atoms with Gasteiger partial charge < -0.3 is 10.4 Å². The third-order valence-corrected chi connectivity index (χ3v) is 3.31. The van der Waals surface area contributed by atoms with Gasteiger partial charge in [0.15, 0.2) is 11.6 Å². The average Bonchev–Trinajstić information content (AvgIpc) is 2.84. The smallest absolute Gasteiger partial charge is 0.345 e. The molecular formula is C12H7F2NO3S. The maximum absolute atomic E-state index is 13.3. The number of benzene rings is 1. The van der Waals surface area contributed by atoms with Crippen molar-refractivity contribution in [3.63, 3.8) is 0 Å². The second-order valence-corrected chi connectivity index (χ2v) is 4.61. The molecule has 1 heterocycles. The van der Waals surface area contributed by atoms with Crippen molar-refractivity contribution in [2.75, 3.05) is 5.32 Å². The lowest BCUT2D eigenvalue weighted by molar-refractivity contribution is 0.0702. The van der Waals surface area contributed by atoms with Crippen molar-refractivity contribution in [3.05, 3.63) is 51.7 Å². The summed E-state index contributed by atoms with van der Waals surface area (Å²) in [6.45, 7) is 0. The lowest BCUT2D eigenvalue weighted by atomic mass is 10.3. The van der Waals surface area contributed by atoms with Crippen LogP contribution in [0.25, 0.3) is 0 Å². The first kappa shape index (κ1) is 13.2. The molecule has 2 N–H and O–H groups in total. The number of hydrogen-bond donors (Lipinski definition) is 2. The van der Waals surface area contributed by atoms with Gasteiger partial charge in [-0.05, 0) is 24.3 Å². The number of nitrogens with one attached hydrogen (secondary N) is 1. The van der Waals surface area contributed by atoms with Gasteiger partial charge in [0, 0.05) is 0 Å². The fourth-order valence-electron chi connectivity index (χ4n) is 1.36. The number of thiophene rings is 1. The van der Waals surface area contributed by atoms with Crippen LogP contribution in [-0.2, 0) is 0 Å². The monoisotopic (exact) mass is 283 g/mol. The largest absolute Gasteiger partial charge is 0.477 e. The normalized spacial score (nSPS) is 10.2. The summed E-state index contributed by atoms with van der Waals surface area (Å²) in [6.07, 6.45) is 0. The van der Waals surface area contributed by atoms with Crippen LogP contribution in [0.3, 0.4) is 0 Å². The molecule has 0 spiro atoms. The molecule has 1 aromatic heterocycles. The molecule has 0 atom stereocenters. The molecule has 0 unspecified atom stereocenters. The van der Waals surface area contributed by atoms with Gasteiger partial charge in [-0.25, -0.2) is 13.6 Å². The fraction of sp³-hybridized carbons (Fsp3) is 0. The van der Waals surface area contributed by atoms with E-state index in [4.69, 9.17) is 5.11 Å². The Labute approximate surface area is 110 Å². The molecule has 1 aromatic carbocycles. The minimum atomic E-state index is -1.16. The summed E-state index contributed by atoms with van der Waals surface area (Å²) in [5.41, 5.74) is -0.296. The summed E-state index contributed by atoms with van der Waals surface area (Å²) >= 11 is 0.751. The number of carbonyl (C=O) groups excluding carboxylic acids is 1. The molecule has 0 radical (unpaired) electrons. The van der Waals surface area contributed by atoms with E-state index in [-0.39, 0.29) is 15.4 Å². The molecule has 0 fully saturated rings. The van der Waals surface area contributed by atoms with E-state index < -0.39 is 23.5 Å². The summed E-state index contributed by atoms with van der Waals surface area (Å²) in [5, 5.41) is 10.9. The van der Waals surface area contributed by atoms with Crippen molar-refractivity contribution < 1.29 is 23.5 Å². The van der Waals surface area contributed by atoms with Gasteiger partial charge in [-0.3, -0.25) is 4.79 Å². The number of hydrogen-bond acceptors (Lipinski definition) is 3. The standard InChI is InChI=1S/C12H7F2NO3S/c13-6-2-1-3-7(10(6)14)15-11(16)8-4-5-9(19-8)12(17)18/h1-5H,(H,15,16)(H,17,18). The number of carboxylic acid groups (broad SMARTS) is 1. The maximum atomic E-state index is 13.3. The third-order valence-electron chi connectivity index (χ3n) is 2.24. The Hall–Kier alpha value is -2.28. The minimum Gasteiger partial charge on any atom is -0.477 e. The zero-order valence-corrected chi connectivity index (χ0v) is 10.1. The van der Waals surface area contributed by atoms with Crippen LogP contribution < -0.4 is 5.32 Å².